The van der Waals surface area contributed by atoms with Crippen LogP contribution in [0.1, 0.15) is 0 Å². The molecule has 2 rings (SSSR count). The summed E-state index contributed by atoms with van der Waals surface area (Å²) < 4.78 is 10.6. The van der Waals surface area contributed by atoms with Crippen molar-refractivity contribution in [2.75, 3.05) is 25.6 Å². The van der Waals surface area contributed by atoms with Crippen LogP contribution in [0.15, 0.2) is 60.3 Å². The third-order valence-corrected chi connectivity index (χ3v) is 3.54. The van der Waals surface area contributed by atoms with Crippen LogP contribution in [0.3, 0.4) is 0 Å². The molecule has 1 amide bonds. The van der Waals surface area contributed by atoms with Crippen molar-refractivity contribution in [2.45, 2.75) is 0 Å². The predicted molar refractivity (Wildman–Crippen MR) is 100 cm³/mol. The van der Waals surface area contributed by atoms with E-state index in [0.717, 1.165) is 5.75 Å². The molecule has 0 saturated carbocycles. The van der Waals surface area contributed by atoms with E-state index in [2.05, 4.69) is 10.6 Å². The highest BCUT2D eigenvalue weighted by atomic mass is 35.5. The lowest BCUT2D eigenvalue weighted by molar-refractivity contribution is -0.112. The second kappa shape index (κ2) is 9.97. The molecule has 2 aromatic rings. The van der Waals surface area contributed by atoms with E-state index in [0.29, 0.717) is 29.6 Å². The second-order valence-electron chi connectivity index (χ2n) is 5.11. The smallest absolute Gasteiger partial charge is 0.267 e. The molecule has 2 aromatic carbocycles. The molecule has 0 aliphatic heterocycles. The quantitative estimate of drug-likeness (QED) is 0.422. The first kappa shape index (κ1) is 19.2. The SMILES string of the molecule is COc1ccc(OCCN/C=C(/C#N)C(=O)Nc2ccc(Cl)cc2)cc1. The highest BCUT2D eigenvalue weighted by molar-refractivity contribution is 6.30. The van der Waals surface area contributed by atoms with Crippen molar-refractivity contribution in [3.8, 4) is 17.6 Å². The molecular formula is C19H18ClN3O3. The van der Waals surface area contributed by atoms with Gasteiger partial charge in [-0.3, -0.25) is 4.79 Å². The number of benzene rings is 2. The Labute approximate surface area is 157 Å². The molecule has 0 radical (unpaired) electrons. The maximum Gasteiger partial charge on any atom is 0.267 e. The Morgan fingerprint density at radius 2 is 1.81 bits per heavy atom. The molecule has 26 heavy (non-hydrogen) atoms. The fourth-order valence-corrected chi connectivity index (χ4v) is 2.08. The summed E-state index contributed by atoms with van der Waals surface area (Å²) in [5, 5.41) is 15.2. The van der Waals surface area contributed by atoms with Crippen LogP contribution in [0.4, 0.5) is 5.69 Å². The van der Waals surface area contributed by atoms with Crippen molar-refractivity contribution in [1.82, 2.24) is 5.32 Å². The first-order valence-corrected chi connectivity index (χ1v) is 8.17. The van der Waals surface area contributed by atoms with Crippen molar-refractivity contribution in [3.63, 3.8) is 0 Å². The Balaban J connectivity index is 1.78. The number of hydrogen-bond donors (Lipinski definition) is 2. The zero-order valence-corrected chi connectivity index (χ0v) is 14.9. The van der Waals surface area contributed by atoms with E-state index in [-0.39, 0.29) is 5.57 Å². The van der Waals surface area contributed by atoms with Gasteiger partial charge in [-0.05, 0) is 48.5 Å². The normalized spacial score (nSPS) is 10.6. The minimum Gasteiger partial charge on any atom is -0.497 e. The maximum absolute atomic E-state index is 12.1. The van der Waals surface area contributed by atoms with E-state index < -0.39 is 5.91 Å². The summed E-state index contributed by atoms with van der Waals surface area (Å²) in [6.45, 7) is 0.811. The average Bonchev–Trinajstić information content (AvgIpc) is 2.67. The number of amides is 1. The summed E-state index contributed by atoms with van der Waals surface area (Å²) >= 11 is 5.79. The highest BCUT2D eigenvalue weighted by Crippen LogP contribution is 2.16. The molecule has 0 saturated heterocycles. The zero-order valence-electron chi connectivity index (χ0n) is 14.2. The van der Waals surface area contributed by atoms with Gasteiger partial charge in [0.25, 0.3) is 5.91 Å². The van der Waals surface area contributed by atoms with Crippen LogP contribution in [0.2, 0.25) is 5.02 Å². The Morgan fingerprint density at radius 1 is 1.15 bits per heavy atom. The van der Waals surface area contributed by atoms with Gasteiger partial charge in [0.05, 0.1) is 7.11 Å². The molecule has 0 atom stereocenters. The number of nitriles is 1. The number of halogens is 1. The van der Waals surface area contributed by atoms with Crippen LogP contribution >= 0.6 is 11.6 Å². The van der Waals surface area contributed by atoms with E-state index in [1.165, 1.54) is 6.20 Å². The Hall–Kier alpha value is -3.17. The molecule has 0 unspecified atom stereocenters. The lowest BCUT2D eigenvalue weighted by Gasteiger charge is -2.08. The highest BCUT2D eigenvalue weighted by Gasteiger charge is 2.08. The third-order valence-electron chi connectivity index (χ3n) is 3.29. The number of rotatable bonds is 8. The van der Waals surface area contributed by atoms with E-state index in [1.807, 2.05) is 6.07 Å². The van der Waals surface area contributed by atoms with Gasteiger partial charge in [-0.25, -0.2) is 0 Å². The molecule has 0 heterocycles. The largest absolute Gasteiger partial charge is 0.497 e. The van der Waals surface area contributed by atoms with Crippen LogP contribution in [0.5, 0.6) is 11.5 Å². The van der Waals surface area contributed by atoms with Crippen molar-refractivity contribution in [1.29, 1.82) is 5.26 Å². The number of nitrogens with zero attached hydrogens (tertiary/aromatic N) is 1. The van der Waals surface area contributed by atoms with E-state index in [1.54, 1.807) is 55.6 Å². The van der Waals surface area contributed by atoms with Gasteiger partial charge in [0.1, 0.15) is 29.7 Å². The summed E-state index contributed by atoms with van der Waals surface area (Å²) in [5.41, 5.74) is 0.521. The van der Waals surface area contributed by atoms with E-state index in [9.17, 15) is 4.79 Å². The van der Waals surface area contributed by atoms with Crippen LogP contribution < -0.4 is 20.1 Å². The monoisotopic (exact) mass is 371 g/mol. The van der Waals surface area contributed by atoms with Crippen LogP contribution in [-0.4, -0.2) is 26.2 Å². The third kappa shape index (κ3) is 6.04. The summed E-state index contributed by atoms with van der Waals surface area (Å²) in [6, 6.07) is 15.7. The Bertz CT molecular complexity index is 796. The number of ether oxygens (including phenoxy) is 2. The number of carbonyl (C=O) groups excluding carboxylic acids is 1. The summed E-state index contributed by atoms with van der Waals surface area (Å²) in [6.07, 6.45) is 1.36. The summed E-state index contributed by atoms with van der Waals surface area (Å²) in [4.78, 5) is 12.1. The van der Waals surface area contributed by atoms with Crippen molar-refractivity contribution < 1.29 is 14.3 Å². The van der Waals surface area contributed by atoms with Gasteiger partial charge in [0, 0.05) is 23.5 Å². The van der Waals surface area contributed by atoms with Gasteiger partial charge >= 0.3 is 0 Å². The van der Waals surface area contributed by atoms with Crippen LogP contribution in [0, 0.1) is 11.3 Å². The number of nitrogens with one attached hydrogen (secondary N) is 2. The first-order chi connectivity index (χ1) is 12.6. The molecule has 134 valence electrons. The molecule has 0 aliphatic rings. The lowest BCUT2D eigenvalue weighted by Crippen LogP contribution is -2.20. The van der Waals surface area contributed by atoms with Gasteiger partial charge < -0.3 is 20.1 Å². The molecule has 6 nitrogen and oxygen atoms in total. The molecule has 0 aliphatic carbocycles. The summed E-state index contributed by atoms with van der Waals surface area (Å²) in [5.74, 6) is 0.958. The van der Waals surface area contributed by atoms with Gasteiger partial charge in [-0.2, -0.15) is 5.26 Å². The number of carbonyl (C=O) groups is 1. The van der Waals surface area contributed by atoms with Crippen molar-refractivity contribution in [2.24, 2.45) is 0 Å². The zero-order chi connectivity index (χ0) is 18.8. The van der Waals surface area contributed by atoms with Gasteiger partial charge in [0.15, 0.2) is 0 Å². The lowest BCUT2D eigenvalue weighted by atomic mass is 10.2. The minimum atomic E-state index is -0.501. The predicted octanol–water partition coefficient (Wildman–Crippen LogP) is 3.36. The molecule has 2 N–H and O–H groups in total. The number of methoxy groups -OCH3 is 1. The summed E-state index contributed by atoms with van der Waals surface area (Å²) in [7, 11) is 1.60. The Morgan fingerprint density at radius 3 is 2.42 bits per heavy atom. The van der Waals surface area contributed by atoms with Crippen LogP contribution in [-0.2, 0) is 4.79 Å². The molecular weight excluding hydrogens is 354 g/mol. The molecule has 7 heteroatoms. The molecule has 0 fully saturated rings. The molecule has 0 spiro atoms. The average molecular weight is 372 g/mol. The topological polar surface area (TPSA) is 83.4 Å². The fraction of sp³-hybridized carbons (Fsp3) is 0.158. The van der Waals surface area contributed by atoms with Gasteiger partial charge in [-0.1, -0.05) is 11.6 Å². The number of hydrogen-bond acceptors (Lipinski definition) is 5. The fourth-order valence-electron chi connectivity index (χ4n) is 1.95. The van der Waals surface area contributed by atoms with E-state index >= 15 is 0 Å². The molecule has 0 bridgehead atoms. The minimum absolute atomic E-state index is 0.0376. The van der Waals surface area contributed by atoms with Gasteiger partial charge in [-0.15, -0.1) is 0 Å². The Kier molecular flexibility index (Phi) is 7.34. The van der Waals surface area contributed by atoms with Crippen molar-refractivity contribution >= 4 is 23.2 Å². The maximum atomic E-state index is 12.1. The van der Waals surface area contributed by atoms with Crippen LogP contribution in [0.25, 0.3) is 0 Å². The standard InChI is InChI=1S/C19H18ClN3O3/c1-25-17-6-8-18(9-7-17)26-11-10-22-13-14(12-21)19(24)23-16-4-2-15(20)3-5-16/h2-9,13,22H,10-11H2,1H3,(H,23,24)/b14-13-. The number of anilines is 1. The first-order valence-electron chi connectivity index (χ1n) is 7.80. The van der Waals surface area contributed by atoms with Crippen molar-refractivity contribution in [3.05, 3.63) is 65.3 Å². The second-order valence-corrected chi connectivity index (χ2v) is 5.55. The van der Waals surface area contributed by atoms with Gasteiger partial charge in [0.2, 0.25) is 0 Å². The molecule has 0 aromatic heterocycles. The van der Waals surface area contributed by atoms with E-state index in [4.69, 9.17) is 26.3 Å².